The van der Waals surface area contributed by atoms with Crippen molar-refractivity contribution < 1.29 is 13.3 Å². The van der Waals surface area contributed by atoms with Gasteiger partial charge in [0, 0.05) is 5.56 Å². The van der Waals surface area contributed by atoms with Gasteiger partial charge in [-0.15, -0.1) is 0 Å². The minimum absolute atomic E-state index is 0.327. The Morgan fingerprint density at radius 2 is 1.86 bits per heavy atom. The van der Waals surface area contributed by atoms with Crippen LogP contribution in [0.1, 0.15) is 37.7 Å². The average molecular weight is 313 g/mol. The first kappa shape index (κ1) is 15.7. The van der Waals surface area contributed by atoms with E-state index in [0.717, 1.165) is 25.7 Å². The molecule has 7 nitrogen and oxygen atoms in total. The van der Waals surface area contributed by atoms with Gasteiger partial charge in [0.15, 0.2) is 0 Å². The molecule has 0 aliphatic heterocycles. The number of nitrogens with zero attached hydrogens (tertiary/aromatic N) is 1. The Balaban J connectivity index is 2.42. The van der Waals surface area contributed by atoms with E-state index >= 15 is 0 Å². The first-order valence-electron chi connectivity index (χ1n) is 6.89. The molecule has 0 saturated heterocycles. The zero-order valence-corrected chi connectivity index (χ0v) is 12.4. The van der Waals surface area contributed by atoms with Crippen LogP contribution in [-0.2, 0) is 16.4 Å². The summed E-state index contributed by atoms with van der Waals surface area (Å²) in [6.45, 7) is 0. The molecule has 0 atom stereocenters. The second-order valence-electron chi connectivity index (χ2n) is 5.50. The molecule has 0 spiro atoms. The fourth-order valence-corrected chi connectivity index (χ4v) is 3.63. The average Bonchev–Trinajstić information content (AvgIpc) is 2.38. The third-order valence-electron chi connectivity index (χ3n) is 3.98. The fraction of sp³-hybridized carbons (Fsp3) is 0.538. The number of hydrogen-bond donors (Lipinski definition) is 2. The second-order valence-corrected chi connectivity index (χ2v) is 7.03. The molecule has 21 heavy (non-hydrogen) atoms. The summed E-state index contributed by atoms with van der Waals surface area (Å²) in [6.07, 6.45) is 6.07. The highest BCUT2D eigenvalue weighted by atomic mass is 32.2. The Labute approximate surface area is 123 Å². The van der Waals surface area contributed by atoms with Crippen LogP contribution in [0.2, 0.25) is 0 Å². The lowest BCUT2D eigenvalue weighted by Crippen LogP contribution is -2.17. The molecule has 0 bridgehead atoms. The quantitative estimate of drug-likeness (QED) is 0.498. The molecule has 1 aliphatic rings. The molecule has 0 radical (unpaired) electrons. The summed E-state index contributed by atoms with van der Waals surface area (Å²) >= 11 is 0. The number of nitro groups is 1. The monoisotopic (exact) mass is 313 g/mol. The normalized spacial score (nSPS) is 16.8. The van der Waals surface area contributed by atoms with Crippen LogP contribution in [0.4, 0.5) is 11.4 Å². The summed E-state index contributed by atoms with van der Waals surface area (Å²) in [6, 6.07) is 2.72. The molecule has 0 amide bonds. The SMILES string of the molecule is Nc1c(S(N)(=O)=O)ccc(CC2CCCCC2)c1[N+](=O)[O-]. The van der Waals surface area contributed by atoms with E-state index in [0.29, 0.717) is 17.9 Å². The van der Waals surface area contributed by atoms with Crippen molar-refractivity contribution in [3.05, 3.63) is 27.8 Å². The minimum Gasteiger partial charge on any atom is -0.392 e. The zero-order valence-electron chi connectivity index (χ0n) is 11.6. The predicted molar refractivity (Wildman–Crippen MR) is 79.2 cm³/mol. The van der Waals surface area contributed by atoms with Crippen LogP contribution >= 0.6 is 0 Å². The smallest absolute Gasteiger partial charge is 0.296 e. The molecular weight excluding hydrogens is 294 g/mol. The third kappa shape index (κ3) is 3.51. The summed E-state index contributed by atoms with van der Waals surface area (Å²) < 4.78 is 22.8. The summed E-state index contributed by atoms with van der Waals surface area (Å²) in [7, 11) is -4.07. The lowest BCUT2D eigenvalue weighted by molar-refractivity contribution is -0.384. The maximum Gasteiger partial charge on any atom is 0.296 e. The van der Waals surface area contributed by atoms with E-state index in [1.54, 1.807) is 0 Å². The lowest BCUT2D eigenvalue weighted by Gasteiger charge is -2.21. The van der Waals surface area contributed by atoms with E-state index in [2.05, 4.69) is 0 Å². The Morgan fingerprint density at radius 1 is 1.24 bits per heavy atom. The van der Waals surface area contributed by atoms with Crippen LogP contribution in [-0.4, -0.2) is 13.3 Å². The minimum atomic E-state index is -4.07. The van der Waals surface area contributed by atoms with Gasteiger partial charge in [-0.2, -0.15) is 0 Å². The molecule has 8 heteroatoms. The van der Waals surface area contributed by atoms with Crippen LogP contribution in [0.5, 0.6) is 0 Å². The van der Waals surface area contributed by atoms with Crippen molar-refractivity contribution >= 4 is 21.4 Å². The summed E-state index contributed by atoms with van der Waals surface area (Å²) in [5.41, 5.74) is 5.47. The highest BCUT2D eigenvalue weighted by Crippen LogP contribution is 2.35. The maximum atomic E-state index is 11.4. The molecule has 1 aromatic rings. The van der Waals surface area contributed by atoms with Gasteiger partial charge in [0.25, 0.3) is 5.69 Å². The fourth-order valence-electron chi connectivity index (χ4n) is 2.97. The van der Waals surface area contributed by atoms with E-state index < -0.39 is 14.9 Å². The third-order valence-corrected chi connectivity index (χ3v) is 4.95. The Morgan fingerprint density at radius 3 is 2.38 bits per heavy atom. The van der Waals surface area contributed by atoms with Crippen LogP contribution in [0.15, 0.2) is 17.0 Å². The molecule has 1 aromatic carbocycles. The first-order valence-corrected chi connectivity index (χ1v) is 8.44. The van der Waals surface area contributed by atoms with E-state index in [1.807, 2.05) is 0 Å². The molecule has 0 unspecified atom stereocenters. The number of hydrogen-bond acceptors (Lipinski definition) is 5. The zero-order chi connectivity index (χ0) is 15.6. The number of primary sulfonamides is 1. The van der Waals surface area contributed by atoms with Gasteiger partial charge < -0.3 is 5.73 Å². The highest BCUT2D eigenvalue weighted by Gasteiger charge is 2.27. The van der Waals surface area contributed by atoms with Gasteiger partial charge >= 0.3 is 0 Å². The Kier molecular flexibility index (Phi) is 4.48. The maximum absolute atomic E-state index is 11.4. The topological polar surface area (TPSA) is 129 Å². The van der Waals surface area contributed by atoms with Crippen molar-refractivity contribution in [1.29, 1.82) is 0 Å². The number of sulfonamides is 1. The largest absolute Gasteiger partial charge is 0.392 e. The van der Waals surface area contributed by atoms with E-state index in [4.69, 9.17) is 10.9 Å². The van der Waals surface area contributed by atoms with E-state index in [9.17, 15) is 18.5 Å². The van der Waals surface area contributed by atoms with Crippen molar-refractivity contribution in [1.82, 2.24) is 0 Å². The highest BCUT2D eigenvalue weighted by molar-refractivity contribution is 7.89. The number of rotatable bonds is 4. The molecule has 1 fully saturated rings. The van der Waals surface area contributed by atoms with Gasteiger partial charge in [0.1, 0.15) is 10.6 Å². The predicted octanol–water partition coefficient (Wildman–Crippen LogP) is 1.95. The number of anilines is 1. The Hall–Kier alpha value is -1.67. The van der Waals surface area contributed by atoms with Crippen LogP contribution in [0, 0.1) is 16.0 Å². The van der Waals surface area contributed by atoms with Gasteiger partial charge in [-0.25, -0.2) is 13.6 Å². The lowest BCUT2D eigenvalue weighted by atomic mass is 9.84. The standard InChI is InChI=1S/C13H19N3O4S/c14-12-11(21(15,19)20)7-6-10(13(12)16(17)18)8-9-4-2-1-3-5-9/h6-7,9H,1-5,8,14H2,(H2,15,19,20). The van der Waals surface area contributed by atoms with Gasteiger partial charge in [-0.05, 0) is 18.4 Å². The first-order chi connectivity index (χ1) is 9.80. The number of nitrogen functional groups attached to an aromatic ring is 1. The van der Waals surface area contributed by atoms with Crippen molar-refractivity contribution in [2.45, 2.75) is 43.4 Å². The van der Waals surface area contributed by atoms with Crippen LogP contribution < -0.4 is 10.9 Å². The molecule has 116 valence electrons. The number of nitro benzene ring substituents is 1. The van der Waals surface area contributed by atoms with Crippen molar-refractivity contribution in [2.24, 2.45) is 11.1 Å². The van der Waals surface area contributed by atoms with Crippen LogP contribution in [0.3, 0.4) is 0 Å². The van der Waals surface area contributed by atoms with Crippen molar-refractivity contribution in [2.75, 3.05) is 5.73 Å². The van der Waals surface area contributed by atoms with Gasteiger partial charge in [-0.1, -0.05) is 38.2 Å². The number of nitrogens with two attached hydrogens (primary N) is 2. The molecule has 2 rings (SSSR count). The molecule has 4 N–H and O–H groups in total. The van der Waals surface area contributed by atoms with E-state index in [1.165, 1.54) is 18.6 Å². The van der Waals surface area contributed by atoms with Crippen LogP contribution in [0.25, 0.3) is 0 Å². The summed E-state index contributed by atoms with van der Waals surface area (Å²) in [5.74, 6) is 0.386. The van der Waals surface area contributed by atoms with Gasteiger partial charge in [0.05, 0.1) is 4.92 Å². The molecule has 0 aromatic heterocycles. The molecule has 1 saturated carbocycles. The molecule has 0 heterocycles. The molecule has 1 aliphatic carbocycles. The summed E-state index contributed by atoms with van der Waals surface area (Å²) in [5, 5.41) is 16.3. The van der Waals surface area contributed by atoms with Gasteiger partial charge in [-0.3, -0.25) is 10.1 Å². The van der Waals surface area contributed by atoms with Crippen molar-refractivity contribution in [3.63, 3.8) is 0 Å². The van der Waals surface area contributed by atoms with Crippen molar-refractivity contribution in [3.8, 4) is 0 Å². The molecular formula is C13H19N3O4S. The second kappa shape index (κ2) is 5.98. The van der Waals surface area contributed by atoms with E-state index in [-0.39, 0.29) is 16.3 Å². The summed E-state index contributed by atoms with van der Waals surface area (Å²) in [4.78, 5) is 10.2. The van der Waals surface area contributed by atoms with Gasteiger partial charge in [0.2, 0.25) is 10.0 Å². The Bertz CT molecular complexity index is 652. The number of benzene rings is 1.